The number of hydrogen-bond acceptors (Lipinski definition) is 7. The van der Waals surface area contributed by atoms with Crippen molar-refractivity contribution in [2.24, 2.45) is 40.4 Å². The molecule has 1 aromatic heterocycles. The molecule has 4 aliphatic rings. The molecular weight excluding hydrogens is 456 g/mol. The highest BCUT2D eigenvalue weighted by molar-refractivity contribution is 5.93. The highest BCUT2D eigenvalue weighted by Gasteiger charge is 2.59. The summed E-state index contributed by atoms with van der Waals surface area (Å²) in [7, 11) is 0. The Morgan fingerprint density at radius 2 is 1.92 bits per heavy atom. The van der Waals surface area contributed by atoms with E-state index in [-0.39, 0.29) is 16.6 Å². The molecule has 2 aromatic rings. The molecule has 3 fully saturated rings. The largest absolute Gasteiger partial charge is 0.383 e. The van der Waals surface area contributed by atoms with Crippen molar-refractivity contribution in [3.63, 3.8) is 0 Å². The minimum atomic E-state index is -0.454. The van der Waals surface area contributed by atoms with E-state index in [1.165, 1.54) is 43.7 Å². The highest BCUT2D eigenvalue weighted by atomic mass is 16.6. The van der Waals surface area contributed by atoms with Crippen LogP contribution in [0, 0.1) is 50.5 Å². The summed E-state index contributed by atoms with van der Waals surface area (Å²) in [6.45, 7) is 8.13. The summed E-state index contributed by atoms with van der Waals surface area (Å²) in [5, 5.41) is 22.5. The lowest BCUT2D eigenvalue weighted by Crippen LogP contribution is -2.51. The van der Waals surface area contributed by atoms with Gasteiger partial charge in [-0.25, -0.2) is 4.63 Å². The average molecular weight is 493 g/mol. The number of carbonyl (C=O) groups is 1. The molecule has 4 aliphatic carbocycles. The Morgan fingerprint density at radius 1 is 1.11 bits per heavy atom. The monoisotopic (exact) mass is 492 g/mol. The van der Waals surface area contributed by atoms with Crippen LogP contribution in [0.15, 0.2) is 28.4 Å². The molecule has 0 spiro atoms. The molecule has 0 radical (unpaired) electrons. The number of hydrogen-bond donors (Lipinski definition) is 1. The quantitative estimate of drug-likeness (QED) is 0.383. The number of nitrogens with one attached hydrogen (secondary N) is 1. The normalized spacial score (nSPS) is 36.5. The molecule has 0 amide bonds. The number of nitrogens with zero attached hydrogens (tertiary/aromatic N) is 3. The maximum absolute atomic E-state index is 12.1. The number of fused-ring (bicyclic) bond motifs is 6. The van der Waals surface area contributed by atoms with Crippen molar-refractivity contribution in [1.29, 1.82) is 0 Å². The minimum Gasteiger partial charge on any atom is -0.383 e. The molecular formula is C28H36N4O4. The van der Waals surface area contributed by atoms with Crippen LogP contribution in [-0.2, 0) is 4.79 Å². The number of non-ortho nitro benzene ring substituents is 1. The lowest BCUT2D eigenvalue weighted by Gasteiger charge is -2.58. The van der Waals surface area contributed by atoms with Crippen molar-refractivity contribution in [2.45, 2.75) is 72.1 Å². The fourth-order valence-corrected chi connectivity index (χ4v) is 9.09. The molecule has 0 bridgehead atoms. The van der Waals surface area contributed by atoms with E-state index in [1.54, 1.807) is 6.07 Å². The van der Waals surface area contributed by atoms with Crippen molar-refractivity contribution >= 4 is 28.2 Å². The first kappa shape index (κ1) is 23.6. The summed E-state index contributed by atoms with van der Waals surface area (Å²) in [6, 6.07) is 3.18. The van der Waals surface area contributed by atoms with Crippen molar-refractivity contribution in [2.75, 3.05) is 11.9 Å². The maximum Gasteiger partial charge on any atom is 0.300 e. The van der Waals surface area contributed by atoms with Gasteiger partial charge in [0.25, 0.3) is 0 Å². The third-order valence-electron chi connectivity index (χ3n) is 10.9. The molecule has 36 heavy (non-hydrogen) atoms. The summed E-state index contributed by atoms with van der Waals surface area (Å²) in [5.41, 5.74) is 3.24. The number of aromatic nitrogens is 2. The van der Waals surface area contributed by atoms with Crippen molar-refractivity contribution < 1.29 is 14.3 Å². The van der Waals surface area contributed by atoms with Gasteiger partial charge < -0.3 is 5.32 Å². The van der Waals surface area contributed by atoms with Gasteiger partial charge in [0.2, 0.25) is 5.52 Å². The Bertz CT molecular complexity index is 1250. The lowest BCUT2D eigenvalue weighted by atomic mass is 9.46. The van der Waals surface area contributed by atoms with E-state index in [2.05, 4.69) is 36.4 Å². The number of nitro benzene ring substituents is 1. The number of carbonyl (C=O) groups excluding carboxylic acids is 1. The Balaban J connectivity index is 1.18. The summed E-state index contributed by atoms with van der Waals surface area (Å²) < 4.78 is 4.82. The molecule has 8 heteroatoms. The summed E-state index contributed by atoms with van der Waals surface area (Å²) in [6.07, 6.45) is 11.2. The summed E-state index contributed by atoms with van der Waals surface area (Å²) >= 11 is 0. The minimum absolute atomic E-state index is 0.0886. The van der Waals surface area contributed by atoms with Crippen LogP contribution in [0.5, 0.6) is 0 Å². The zero-order valence-corrected chi connectivity index (χ0v) is 21.5. The van der Waals surface area contributed by atoms with Crippen LogP contribution in [0.4, 0.5) is 11.4 Å². The van der Waals surface area contributed by atoms with Gasteiger partial charge in [0.1, 0.15) is 0 Å². The van der Waals surface area contributed by atoms with Crippen molar-refractivity contribution in [1.82, 2.24) is 10.3 Å². The molecule has 1 N–H and O–H groups in total. The Morgan fingerprint density at radius 3 is 2.72 bits per heavy atom. The van der Waals surface area contributed by atoms with Crippen LogP contribution in [0.3, 0.4) is 0 Å². The standard InChI is InChI=1S/C28H36N4O4/c1-16(15-29-23-8-9-24(32(34)35)26-25(23)30-36-31-26)20-6-7-21-19-5-4-17-14-18(33)10-12-27(17,2)22(19)11-13-28(20,21)3/h8-9,14,16,19-22,29H,4-7,10-13,15H2,1-3H3/t16?,19-,20+,21-,22-,27-,28+/m0/s1. The van der Waals surface area contributed by atoms with Crippen LogP contribution in [-0.4, -0.2) is 27.6 Å². The Kier molecular flexibility index (Phi) is 5.50. The molecule has 8 nitrogen and oxygen atoms in total. The van der Waals surface area contributed by atoms with E-state index in [4.69, 9.17) is 4.63 Å². The van der Waals surface area contributed by atoms with E-state index in [0.29, 0.717) is 40.9 Å². The van der Waals surface area contributed by atoms with E-state index < -0.39 is 4.92 Å². The first-order chi connectivity index (χ1) is 17.2. The fourth-order valence-electron chi connectivity index (χ4n) is 9.09. The van der Waals surface area contributed by atoms with Crippen LogP contribution < -0.4 is 5.32 Å². The van der Waals surface area contributed by atoms with Gasteiger partial charge >= 0.3 is 5.69 Å². The van der Waals surface area contributed by atoms with Gasteiger partial charge in [-0.15, -0.1) is 0 Å². The number of anilines is 1. The van der Waals surface area contributed by atoms with Crippen molar-refractivity contribution in [3.05, 3.63) is 33.9 Å². The van der Waals surface area contributed by atoms with Gasteiger partial charge in [0.05, 0.1) is 10.6 Å². The molecule has 0 aliphatic heterocycles. The first-order valence-corrected chi connectivity index (χ1v) is 13.6. The second-order valence-electron chi connectivity index (χ2n) is 12.4. The van der Waals surface area contributed by atoms with Gasteiger partial charge in [-0.2, -0.15) is 0 Å². The zero-order chi connectivity index (χ0) is 25.2. The molecule has 1 unspecified atom stereocenters. The van der Waals surface area contributed by atoms with E-state index in [0.717, 1.165) is 36.9 Å². The molecule has 192 valence electrons. The third kappa shape index (κ3) is 3.43. The fraction of sp³-hybridized carbons (Fsp3) is 0.679. The van der Waals surface area contributed by atoms with Crippen LogP contribution in [0.1, 0.15) is 72.1 Å². The van der Waals surface area contributed by atoms with Gasteiger partial charge in [0.15, 0.2) is 11.3 Å². The summed E-state index contributed by atoms with van der Waals surface area (Å²) in [5.74, 6) is 3.66. The molecule has 1 heterocycles. The van der Waals surface area contributed by atoms with Crippen LogP contribution in [0.25, 0.3) is 11.0 Å². The van der Waals surface area contributed by atoms with Gasteiger partial charge in [-0.1, -0.05) is 26.3 Å². The number of benzene rings is 1. The predicted molar refractivity (Wildman–Crippen MR) is 136 cm³/mol. The second kappa shape index (κ2) is 8.38. The highest BCUT2D eigenvalue weighted by Crippen LogP contribution is 2.67. The lowest BCUT2D eigenvalue weighted by molar-refractivity contribution is -0.383. The number of ketones is 1. The van der Waals surface area contributed by atoms with Crippen molar-refractivity contribution in [3.8, 4) is 0 Å². The van der Waals surface area contributed by atoms with Gasteiger partial charge in [-0.3, -0.25) is 14.9 Å². The van der Waals surface area contributed by atoms with Gasteiger partial charge in [0, 0.05) is 19.0 Å². The average Bonchev–Trinajstić information content (AvgIpc) is 3.47. The number of rotatable bonds is 5. The van der Waals surface area contributed by atoms with Crippen LogP contribution in [0.2, 0.25) is 0 Å². The van der Waals surface area contributed by atoms with E-state index >= 15 is 0 Å². The Labute approximate surface area is 211 Å². The second-order valence-corrected chi connectivity index (χ2v) is 12.4. The number of nitro groups is 1. The molecule has 1 aromatic carbocycles. The maximum atomic E-state index is 12.1. The molecule has 0 saturated heterocycles. The Hall–Kier alpha value is -2.77. The smallest absolute Gasteiger partial charge is 0.300 e. The molecule has 7 atom stereocenters. The van der Waals surface area contributed by atoms with E-state index in [9.17, 15) is 14.9 Å². The topological polar surface area (TPSA) is 111 Å². The zero-order valence-electron chi connectivity index (χ0n) is 21.5. The number of allylic oxidation sites excluding steroid dienone is 1. The summed E-state index contributed by atoms with van der Waals surface area (Å²) in [4.78, 5) is 23.0. The van der Waals surface area contributed by atoms with Crippen LogP contribution >= 0.6 is 0 Å². The predicted octanol–water partition coefficient (Wildman–Crippen LogP) is 6.33. The first-order valence-electron chi connectivity index (χ1n) is 13.6. The molecule has 3 saturated carbocycles. The van der Waals surface area contributed by atoms with Gasteiger partial charge in [-0.05, 0) is 108 Å². The van der Waals surface area contributed by atoms with E-state index in [1.807, 2.05) is 6.08 Å². The SMILES string of the molecule is CC(CNc1ccc([N+](=O)[O-])c2nonc12)[C@H]1CC[C@H]2[C@@H]3CCC4=CC(=O)CC[C@]4(C)[C@H]3CC[C@]12C. The molecule has 6 rings (SSSR count). The third-order valence-corrected chi connectivity index (χ3v) is 10.9.